The molecular formula is C19H16ClFN2O. The van der Waals surface area contributed by atoms with Gasteiger partial charge in [-0.2, -0.15) is 0 Å². The molecule has 1 heterocycles. The van der Waals surface area contributed by atoms with Crippen molar-refractivity contribution in [2.45, 2.75) is 13.3 Å². The number of hydrogen-bond donors (Lipinski definition) is 0. The normalized spacial score (nSPS) is 10.8. The second-order valence-corrected chi connectivity index (χ2v) is 5.95. The number of anilines is 1. The summed E-state index contributed by atoms with van der Waals surface area (Å²) in [5.74, 6) is -0.490. The minimum atomic E-state index is -0.393. The van der Waals surface area contributed by atoms with Crippen LogP contribution in [0.15, 0.2) is 54.7 Å². The number of pyridine rings is 1. The standard InChI is InChI=1S/C19H16ClFN2O/c1-13(24)23(12-10-14-5-7-15(20)8-6-14)18-9-11-22-19-16(18)3-2-4-17(19)21/h2-9,11H,10,12H2,1H3. The Morgan fingerprint density at radius 3 is 2.62 bits per heavy atom. The summed E-state index contributed by atoms with van der Waals surface area (Å²) in [5, 5.41) is 1.31. The lowest BCUT2D eigenvalue weighted by atomic mass is 10.1. The molecule has 0 aliphatic heterocycles. The number of nitrogens with zero attached hydrogens (tertiary/aromatic N) is 2. The van der Waals surface area contributed by atoms with Crippen LogP contribution in [0.25, 0.3) is 10.9 Å². The number of fused-ring (bicyclic) bond motifs is 1. The maximum absolute atomic E-state index is 13.9. The van der Waals surface area contributed by atoms with Crippen molar-refractivity contribution in [3.8, 4) is 0 Å². The molecule has 122 valence electrons. The van der Waals surface area contributed by atoms with Crippen LogP contribution in [-0.2, 0) is 11.2 Å². The average molecular weight is 343 g/mol. The first-order valence-electron chi connectivity index (χ1n) is 7.62. The van der Waals surface area contributed by atoms with Crippen LogP contribution in [0.3, 0.4) is 0 Å². The number of carbonyl (C=O) groups excluding carboxylic acids is 1. The summed E-state index contributed by atoms with van der Waals surface area (Å²) in [7, 11) is 0. The Bertz CT molecular complexity index is 880. The van der Waals surface area contributed by atoms with E-state index < -0.39 is 5.82 Å². The van der Waals surface area contributed by atoms with Crippen molar-refractivity contribution in [2.24, 2.45) is 0 Å². The Balaban J connectivity index is 1.93. The highest BCUT2D eigenvalue weighted by molar-refractivity contribution is 6.30. The average Bonchev–Trinajstić information content (AvgIpc) is 2.57. The molecule has 0 N–H and O–H groups in total. The Hall–Kier alpha value is -2.46. The summed E-state index contributed by atoms with van der Waals surface area (Å²) >= 11 is 5.89. The Labute approximate surface area is 144 Å². The lowest BCUT2D eigenvalue weighted by molar-refractivity contribution is -0.116. The molecule has 2 aromatic carbocycles. The number of rotatable bonds is 4. The van der Waals surface area contributed by atoms with Crippen LogP contribution in [0.5, 0.6) is 0 Å². The fourth-order valence-electron chi connectivity index (χ4n) is 2.70. The third-order valence-corrected chi connectivity index (χ3v) is 4.16. The summed E-state index contributed by atoms with van der Waals surface area (Å²) in [6, 6.07) is 14.0. The van der Waals surface area contributed by atoms with Gasteiger partial charge < -0.3 is 4.90 Å². The molecular weight excluding hydrogens is 327 g/mol. The van der Waals surface area contributed by atoms with E-state index in [1.54, 1.807) is 23.1 Å². The number of halogens is 2. The molecule has 24 heavy (non-hydrogen) atoms. The maximum atomic E-state index is 13.9. The van der Waals surface area contributed by atoms with Crippen LogP contribution < -0.4 is 4.90 Å². The highest BCUT2D eigenvalue weighted by Gasteiger charge is 2.16. The molecule has 0 fully saturated rings. The van der Waals surface area contributed by atoms with E-state index in [0.29, 0.717) is 29.1 Å². The molecule has 0 radical (unpaired) electrons. The highest BCUT2D eigenvalue weighted by atomic mass is 35.5. The number of carbonyl (C=O) groups is 1. The van der Waals surface area contributed by atoms with Crippen molar-refractivity contribution in [1.29, 1.82) is 0 Å². The van der Waals surface area contributed by atoms with Gasteiger partial charge in [0.1, 0.15) is 11.3 Å². The number of aromatic nitrogens is 1. The summed E-state index contributed by atoms with van der Waals surface area (Å²) in [4.78, 5) is 17.9. The first-order valence-corrected chi connectivity index (χ1v) is 8.00. The first kappa shape index (κ1) is 16.4. The molecule has 5 heteroatoms. The summed E-state index contributed by atoms with van der Waals surface area (Å²) in [5.41, 5.74) is 2.02. The van der Waals surface area contributed by atoms with E-state index >= 15 is 0 Å². The van der Waals surface area contributed by atoms with Crippen molar-refractivity contribution in [3.63, 3.8) is 0 Å². The van der Waals surface area contributed by atoms with Crippen LogP contribution in [-0.4, -0.2) is 17.4 Å². The SMILES string of the molecule is CC(=O)N(CCc1ccc(Cl)cc1)c1ccnc2c(F)cccc12. The molecule has 0 atom stereocenters. The molecule has 3 rings (SSSR count). The number of amides is 1. The molecule has 0 saturated heterocycles. The fraction of sp³-hybridized carbons (Fsp3) is 0.158. The van der Waals surface area contributed by atoms with Gasteiger partial charge in [-0.1, -0.05) is 35.9 Å². The summed E-state index contributed by atoms with van der Waals surface area (Å²) in [6.07, 6.45) is 2.20. The van der Waals surface area contributed by atoms with Crippen molar-refractivity contribution >= 4 is 34.1 Å². The summed E-state index contributed by atoms with van der Waals surface area (Å²) < 4.78 is 13.9. The van der Waals surface area contributed by atoms with Gasteiger partial charge in [-0.15, -0.1) is 0 Å². The van der Waals surface area contributed by atoms with Gasteiger partial charge in [0, 0.05) is 30.1 Å². The topological polar surface area (TPSA) is 33.2 Å². The van der Waals surface area contributed by atoms with Crippen LogP contribution in [0.1, 0.15) is 12.5 Å². The largest absolute Gasteiger partial charge is 0.312 e. The molecule has 0 spiro atoms. The van der Waals surface area contributed by atoms with Crippen LogP contribution in [0.4, 0.5) is 10.1 Å². The predicted molar refractivity (Wildman–Crippen MR) is 94.9 cm³/mol. The van der Waals surface area contributed by atoms with E-state index in [4.69, 9.17) is 11.6 Å². The van der Waals surface area contributed by atoms with Crippen molar-refractivity contribution in [2.75, 3.05) is 11.4 Å². The maximum Gasteiger partial charge on any atom is 0.223 e. The van der Waals surface area contributed by atoms with Gasteiger partial charge in [-0.05, 0) is 36.2 Å². The van der Waals surface area contributed by atoms with Gasteiger partial charge in [0.25, 0.3) is 0 Å². The number of para-hydroxylation sites is 1. The minimum absolute atomic E-state index is 0.0966. The lowest BCUT2D eigenvalue weighted by Gasteiger charge is -2.23. The first-order chi connectivity index (χ1) is 11.6. The molecule has 1 aromatic heterocycles. The van der Waals surface area contributed by atoms with Crippen molar-refractivity contribution < 1.29 is 9.18 Å². The van der Waals surface area contributed by atoms with Gasteiger partial charge in [-0.3, -0.25) is 9.78 Å². The molecule has 0 aliphatic carbocycles. The lowest BCUT2D eigenvalue weighted by Crippen LogP contribution is -2.30. The van der Waals surface area contributed by atoms with Gasteiger partial charge >= 0.3 is 0 Å². The van der Waals surface area contributed by atoms with Crippen molar-refractivity contribution in [3.05, 3.63) is 71.1 Å². The molecule has 0 bridgehead atoms. The molecule has 0 unspecified atom stereocenters. The van der Waals surface area contributed by atoms with Gasteiger partial charge in [-0.25, -0.2) is 4.39 Å². The zero-order valence-corrected chi connectivity index (χ0v) is 13.9. The molecule has 0 saturated carbocycles. The quantitative estimate of drug-likeness (QED) is 0.693. The third-order valence-electron chi connectivity index (χ3n) is 3.91. The van der Waals surface area contributed by atoms with E-state index in [1.807, 2.05) is 24.3 Å². The van der Waals surface area contributed by atoms with E-state index in [0.717, 1.165) is 5.56 Å². The van der Waals surface area contributed by atoms with Crippen LogP contribution in [0, 0.1) is 5.82 Å². The smallest absolute Gasteiger partial charge is 0.223 e. The van der Waals surface area contributed by atoms with Gasteiger partial charge in [0.05, 0.1) is 5.69 Å². The number of benzene rings is 2. The Morgan fingerprint density at radius 2 is 1.92 bits per heavy atom. The Morgan fingerprint density at radius 1 is 1.17 bits per heavy atom. The van der Waals surface area contributed by atoms with E-state index in [1.165, 1.54) is 19.2 Å². The van der Waals surface area contributed by atoms with E-state index in [2.05, 4.69) is 4.98 Å². The van der Waals surface area contributed by atoms with Crippen LogP contribution >= 0.6 is 11.6 Å². The monoisotopic (exact) mass is 342 g/mol. The van der Waals surface area contributed by atoms with E-state index in [9.17, 15) is 9.18 Å². The van der Waals surface area contributed by atoms with Gasteiger partial charge in [0.2, 0.25) is 5.91 Å². The predicted octanol–water partition coefficient (Wildman–Crippen LogP) is 4.62. The molecule has 1 amide bonds. The second kappa shape index (κ2) is 6.97. The van der Waals surface area contributed by atoms with Gasteiger partial charge in [0.15, 0.2) is 0 Å². The van der Waals surface area contributed by atoms with Crippen molar-refractivity contribution in [1.82, 2.24) is 4.98 Å². The zero-order chi connectivity index (χ0) is 17.1. The Kier molecular flexibility index (Phi) is 4.76. The minimum Gasteiger partial charge on any atom is -0.312 e. The number of hydrogen-bond acceptors (Lipinski definition) is 2. The highest BCUT2D eigenvalue weighted by Crippen LogP contribution is 2.27. The second-order valence-electron chi connectivity index (χ2n) is 5.51. The molecule has 3 aromatic rings. The molecule has 0 aliphatic rings. The van der Waals surface area contributed by atoms with Crippen LogP contribution in [0.2, 0.25) is 5.02 Å². The third kappa shape index (κ3) is 3.39. The zero-order valence-electron chi connectivity index (χ0n) is 13.2. The summed E-state index contributed by atoms with van der Waals surface area (Å²) in [6.45, 7) is 2.00. The fourth-order valence-corrected chi connectivity index (χ4v) is 2.83. The van der Waals surface area contributed by atoms with E-state index in [-0.39, 0.29) is 11.4 Å². The molecule has 3 nitrogen and oxygen atoms in total.